The number of hydrogen-bond acceptors (Lipinski definition) is 1. The van der Waals surface area contributed by atoms with Gasteiger partial charge < -0.3 is 9.88 Å². The van der Waals surface area contributed by atoms with Gasteiger partial charge in [-0.3, -0.25) is 4.79 Å². The van der Waals surface area contributed by atoms with Crippen LogP contribution in [-0.2, 0) is 11.3 Å². The maximum absolute atomic E-state index is 12.8. The van der Waals surface area contributed by atoms with Gasteiger partial charge in [0.05, 0.1) is 0 Å². The van der Waals surface area contributed by atoms with Gasteiger partial charge >= 0.3 is 0 Å². The minimum atomic E-state index is 0.0127. The summed E-state index contributed by atoms with van der Waals surface area (Å²) in [5, 5.41) is 4.28. The average Bonchev–Trinajstić information content (AvgIpc) is 3.15. The van der Waals surface area contributed by atoms with Crippen LogP contribution in [-0.4, -0.2) is 17.0 Å². The van der Waals surface area contributed by atoms with E-state index >= 15 is 0 Å². The number of aromatic nitrogens is 1. The van der Waals surface area contributed by atoms with Crippen molar-refractivity contribution in [3.8, 4) is 0 Å². The molecule has 4 rings (SSSR count). The molecule has 1 heterocycles. The summed E-state index contributed by atoms with van der Waals surface area (Å²) in [6.45, 7) is 5.71. The van der Waals surface area contributed by atoms with Gasteiger partial charge in [0, 0.05) is 42.5 Å². The lowest BCUT2D eigenvalue weighted by molar-refractivity contribution is -0.121. The molecule has 31 heavy (non-hydrogen) atoms. The fourth-order valence-corrected chi connectivity index (χ4v) is 4.28. The average molecular weight is 411 g/mol. The van der Waals surface area contributed by atoms with Crippen LogP contribution in [0.4, 0.5) is 0 Å². The van der Waals surface area contributed by atoms with Gasteiger partial charge in [-0.1, -0.05) is 85.3 Å². The van der Waals surface area contributed by atoms with Gasteiger partial charge in [-0.05, 0) is 36.1 Å². The monoisotopic (exact) mass is 410 g/mol. The molecule has 0 radical (unpaired) electrons. The second-order valence-electron chi connectivity index (χ2n) is 8.24. The Labute approximate surface area is 184 Å². The number of nitrogens with zero attached hydrogens (tertiary/aromatic N) is 1. The first-order valence-corrected chi connectivity index (χ1v) is 11.1. The SMILES string of the molecule is CCCNC(=O)CC(c1cccc(C)c1)c1cn(Cc2ccccc2)c2ccccc12. The summed E-state index contributed by atoms with van der Waals surface area (Å²) in [7, 11) is 0. The highest BCUT2D eigenvalue weighted by Gasteiger charge is 2.23. The van der Waals surface area contributed by atoms with E-state index < -0.39 is 0 Å². The fraction of sp³-hybridized carbons (Fsp3) is 0.250. The highest BCUT2D eigenvalue weighted by atomic mass is 16.1. The van der Waals surface area contributed by atoms with Gasteiger partial charge in [0.25, 0.3) is 0 Å². The quantitative estimate of drug-likeness (QED) is 0.377. The van der Waals surface area contributed by atoms with Crippen LogP contribution in [0, 0.1) is 6.92 Å². The lowest BCUT2D eigenvalue weighted by atomic mass is 9.87. The lowest BCUT2D eigenvalue weighted by Crippen LogP contribution is -2.26. The van der Waals surface area contributed by atoms with E-state index in [0.717, 1.165) is 19.5 Å². The third-order valence-corrected chi connectivity index (χ3v) is 5.80. The van der Waals surface area contributed by atoms with Gasteiger partial charge in [-0.15, -0.1) is 0 Å². The van der Waals surface area contributed by atoms with Crippen molar-refractivity contribution >= 4 is 16.8 Å². The molecule has 3 aromatic carbocycles. The first-order chi connectivity index (χ1) is 15.2. The Balaban J connectivity index is 1.78. The maximum Gasteiger partial charge on any atom is 0.220 e. The molecular formula is C28H30N2O. The number of benzene rings is 3. The second-order valence-corrected chi connectivity index (χ2v) is 8.24. The Morgan fingerprint density at radius 2 is 1.74 bits per heavy atom. The number of hydrogen-bond donors (Lipinski definition) is 1. The Kier molecular flexibility index (Phi) is 6.51. The molecule has 3 heteroatoms. The summed E-state index contributed by atoms with van der Waals surface area (Å²) >= 11 is 0. The summed E-state index contributed by atoms with van der Waals surface area (Å²) in [4.78, 5) is 12.8. The molecule has 3 nitrogen and oxygen atoms in total. The largest absolute Gasteiger partial charge is 0.356 e. The third kappa shape index (κ3) is 4.88. The van der Waals surface area contributed by atoms with Crippen LogP contribution < -0.4 is 5.32 Å². The molecule has 158 valence electrons. The molecule has 0 saturated carbocycles. The van der Waals surface area contributed by atoms with Gasteiger partial charge in [0.2, 0.25) is 5.91 Å². The van der Waals surface area contributed by atoms with Crippen LogP contribution in [0.2, 0.25) is 0 Å². The molecule has 0 aliphatic rings. The summed E-state index contributed by atoms with van der Waals surface area (Å²) in [6.07, 6.45) is 3.64. The van der Waals surface area contributed by atoms with Crippen molar-refractivity contribution in [2.75, 3.05) is 6.54 Å². The third-order valence-electron chi connectivity index (χ3n) is 5.80. The minimum absolute atomic E-state index is 0.0127. The van der Waals surface area contributed by atoms with Crippen LogP contribution >= 0.6 is 0 Å². The summed E-state index contributed by atoms with van der Waals surface area (Å²) in [6, 6.07) is 27.6. The molecule has 0 aliphatic carbocycles. The van der Waals surface area contributed by atoms with Crippen molar-refractivity contribution in [2.24, 2.45) is 0 Å². The van der Waals surface area contributed by atoms with E-state index in [9.17, 15) is 4.79 Å². The minimum Gasteiger partial charge on any atom is -0.356 e. The molecule has 0 aliphatic heterocycles. The lowest BCUT2D eigenvalue weighted by Gasteiger charge is -2.18. The summed E-state index contributed by atoms with van der Waals surface area (Å²) < 4.78 is 2.31. The summed E-state index contributed by atoms with van der Waals surface area (Å²) in [5.41, 5.74) is 6.08. The topological polar surface area (TPSA) is 34.0 Å². The molecule has 1 amide bonds. The normalized spacial score (nSPS) is 12.1. The number of fused-ring (bicyclic) bond motifs is 1. The predicted octanol–water partition coefficient (Wildman–Crippen LogP) is 6.05. The van der Waals surface area contributed by atoms with Gasteiger partial charge in [0.15, 0.2) is 0 Å². The highest BCUT2D eigenvalue weighted by Crippen LogP contribution is 2.35. The fourth-order valence-electron chi connectivity index (χ4n) is 4.28. The molecular weight excluding hydrogens is 380 g/mol. The van der Waals surface area contributed by atoms with E-state index in [1.54, 1.807) is 0 Å². The number of rotatable bonds is 8. The van der Waals surface area contributed by atoms with Crippen LogP contribution in [0.15, 0.2) is 85.1 Å². The number of nitrogens with one attached hydrogen (secondary N) is 1. The van der Waals surface area contributed by atoms with E-state index in [2.05, 4.69) is 103 Å². The molecule has 1 N–H and O–H groups in total. The number of carbonyl (C=O) groups is 1. The van der Waals surface area contributed by atoms with Crippen LogP contribution in [0.25, 0.3) is 10.9 Å². The standard InChI is InChI=1S/C28H30N2O/c1-3-16-29-28(31)18-25(23-13-9-10-21(2)17-23)26-20-30(19-22-11-5-4-6-12-22)27-15-8-7-14-24(26)27/h4-15,17,20,25H,3,16,18-19H2,1-2H3,(H,29,31). The Hall–Kier alpha value is -3.33. The first kappa shape index (κ1) is 20.9. The van der Waals surface area contributed by atoms with Crippen molar-refractivity contribution in [2.45, 2.75) is 39.2 Å². The molecule has 0 bridgehead atoms. The number of aryl methyl sites for hydroxylation is 1. The van der Waals surface area contributed by atoms with Crippen LogP contribution in [0.1, 0.15) is 47.9 Å². The van der Waals surface area contributed by atoms with Crippen molar-refractivity contribution in [3.63, 3.8) is 0 Å². The molecule has 0 spiro atoms. The zero-order chi connectivity index (χ0) is 21.6. The Bertz CT molecular complexity index is 1160. The van der Waals surface area contributed by atoms with Crippen molar-refractivity contribution < 1.29 is 4.79 Å². The Morgan fingerprint density at radius 1 is 0.968 bits per heavy atom. The molecule has 1 aromatic heterocycles. The van der Waals surface area contributed by atoms with Crippen molar-refractivity contribution in [1.82, 2.24) is 9.88 Å². The molecule has 1 unspecified atom stereocenters. The van der Waals surface area contributed by atoms with E-state index in [1.165, 1.54) is 33.2 Å². The number of para-hydroxylation sites is 1. The molecule has 4 aromatic rings. The number of amides is 1. The van der Waals surface area contributed by atoms with E-state index in [-0.39, 0.29) is 11.8 Å². The summed E-state index contributed by atoms with van der Waals surface area (Å²) in [5.74, 6) is 0.118. The second kappa shape index (κ2) is 9.65. The zero-order valence-electron chi connectivity index (χ0n) is 18.3. The maximum atomic E-state index is 12.8. The van der Waals surface area contributed by atoms with Gasteiger partial charge in [-0.2, -0.15) is 0 Å². The van der Waals surface area contributed by atoms with Crippen molar-refractivity contribution in [3.05, 3.63) is 107 Å². The van der Waals surface area contributed by atoms with E-state index in [0.29, 0.717) is 6.42 Å². The molecule has 0 saturated heterocycles. The highest BCUT2D eigenvalue weighted by molar-refractivity contribution is 5.86. The number of carbonyl (C=O) groups excluding carboxylic acids is 1. The van der Waals surface area contributed by atoms with E-state index in [4.69, 9.17) is 0 Å². The van der Waals surface area contributed by atoms with Crippen LogP contribution in [0.3, 0.4) is 0 Å². The van der Waals surface area contributed by atoms with Crippen molar-refractivity contribution in [1.29, 1.82) is 0 Å². The predicted molar refractivity (Wildman–Crippen MR) is 128 cm³/mol. The molecule has 1 atom stereocenters. The smallest absolute Gasteiger partial charge is 0.220 e. The van der Waals surface area contributed by atoms with Gasteiger partial charge in [-0.25, -0.2) is 0 Å². The zero-order valence-corrected chi connectivity index (χ0v) is 18.3. The van der Waals surface area contributed by atoms with Crippen LogP contribution in [0.5, 0.6) is 0 Å². The van der Waals surface area contributed by atoms with E-state index in [1.807, 2.05) is 6.07 Å². The first-order valence-electron chi connectivity index (χ1n) is 11.1. The van der Waals surface area contributed by atoms with Gasteiger partial charge in [0.1, 0.15) is 0 Å². The molecule has 0 fully saturated rings. The Morgan fingerprint density at radius 3 is 2.52 bits per heavy atom.